The monoisotopic (exact) mass is 420 g/mol. The molecule has 1 fully saturated rings. The molecule has 1 aromatic carbocycles. The number of ether oxygens (including phenoxy) is 1. The van der Waals surface area contributed by atoms with E-state index in [4.69, 9.17) is 4.74 Å². The number of alkyl carbamates (subject to hydrolysis) is 1. The quantitative estimate of drug-likeness (QED) is 0.525. The zero-order valence-corrected chi connectivity index (χ0v) is 18.0. The highest BCUT2D eigenvalue weighted by Crippen LogP contribution is 2.18. The molecule has 1 saturated carbocycles. The zero-order valence-electron chi connectivity index (χ0n) is 17.2. The van der Waals surface area contributed by atoms with E-state index in [2.05, 4.69) is 10.6 Å². The Balaban J connectivity index is 1.79. The van der Waals surface area contributed by atoms with Crippen molar-refractivity contribution in [2.75, 3.05) is 5.75 Å². The third-order valence-electron chi connectivity index (χ3n) is 4.97. The molecule has 1 aliphatic carbocycles. The van der Waals surface area contributed by atoms with Gasteiger partial charge in [-0.25, -0.2) is 4.79 Å². The number of nitrogens with one attached hydrogen (secondary N) is 2. The molecule has 7 heteroatoms. The number of carbonyl (C=O) groups excluding carboxylic acids is 3. The van der Waals surface area contributed by atoms with Crippen molar-refractivity contribution >= 4 is 28.9 Å². The normalized spacial score (nSPS) is 14.9. The molecule has 1 aromatic rings. The van der Waals surface area contributed by atoms with Crippen molar-refractivity contribution in [3.8, 4) is 0 Å². The maximum absolute atomic E-state index is 12.7. The summed E-state index contributed by atoms with van der Waals surface area (Å²) in [4.78, 5) is 35.9. The van der Waals surface area contributed by atoms with Gasteiger partial charge in [-0.2, -0.15) is 0 Å². The lowest BCUT2D eigenvalue weighted by molar-refractivity contribution is -0.124. The van der Waals surface area contributed by atoms with Gasteiger partial charge in [-0.3, -0.25) is 9.59 Å². The molecule has 0 heterocycles. The predicted octanol–water partition coefficient (Wildman–Crippen LogP) is 4.18. The van der Waals surface area contributed by atoms with Crippen molar-refractivity contribution in [1.82, 2.24) is 10.6 Å². The van der Waals surface area contributed by atoms with E-state index in [0.717, 1.165) is 56.3 Å². The third-order valence-corrected chi connectivity index (χ3v) is 5.86. The Labute approximate surface area is 177 Å². The first-order valence-electron chi connectivity index (χ1n) is 10.5. The molecule has 0 saturated heterocycles. The summed E-state index contributed by atoms with van der Waals surface area (Å²) >= 11 is 1.32. The van der Waals surface area contributed by atoms with Crippen LogP contribution in [0.1, 0.15) is 63.9 Å². The summed E-state index contributed by atoms with van der Waals surface area (Å²) in [5.41, 5.74) is 0.901. The second-order valence-electron chi connectivity index (χ2n) is 7.44. The second kappa shape index (κ2) is 13.2. The summed E-state index contributed by atoms with van der Waals surface area (Å²) in [6.45, 7) is 1.74. The Hall–Kier alpha value is -2.02. The van der Waals surface area contributed by atoms with Gasteiger partial charge in [0.25, 0.3) is 0 Å². The van der Waals surface area contributed by atoms with Crippen LogP contribution in [0.4, 0.5) is 4.79 Å². The fourth-order valence-corrected chi connectivity index (χ4v) is 4.03. The standard InChI is InChI=1S/C22H32N2O4S/c1-17(25)29-15-9-3-6-14-20(21(26)23-19-12-7-8-13-19)24-22(27)28-16-18-10-4-2-5-11-18/h2,4-5,10-11,19-20H,3,6-9,12-16H2,1H3,(H,23,26)(H,24,27)/t20-/m0/s1. The lowest BCUT2D eigenvalue weighted by atomic mass is 10.1. The number of benzene rings is 1. The summed E-state index contributed by atoms with van der Waals surface area (Å²) in [5.74, 6) is 0.660. The van der Waals surface area contributed by atoms with Gasteiger partial charge >= 0.3 is 6.09 Å². The lowest BCUT2D eigenvalue weighted by Gasteiger charge is -2.21. The van der Waals surface area contributed by atoms with Crippen LogP contribution in [0.3, 0.4) is 0 Å². The topological polar surface area (TPSA) is 84.5 Å². The van der Waals surface area contributed by atoms with Gasteiger partial charge in [0.1, 0.15) is 12.6 Å². The maximum Gasteiger partial charge on any atom is 0.408 e. The first kappa shape index (κ1) is 23.3. The van der Waals surface area contributed by atoms with Gasteiger partial charge in [0, 0.05) is 18.7 Å². The SMILES string of the molecule is CC(=O)SCCCCC[C@H](NC(=O)OCc1ccccc1)C(=O)NC1CCCC1. The Kier molecular flexibility index (Phi) is 10.6. The van der Waals surface area contributed by atoms with E-state index in [1.807, 2.05) is 30.3 Å². The van der Waals surface area contributed by atoms with Crippen LogP contribution >= 0.6 is 11.8 Å². The van der Waals surface area contributed by atoms with Crippen molar-refractivity contribution < 1.29 is 19.1 Å². The highest BCUT2D eigenvalue weighted by atomic mass is 32.2. The Bertz CT molecular complexity index is 647. The first-order valence-corrected chi connectivity index (χ1v) is 11.4. The summed E-state index contributed by atoms with van der Waals surface area (Å²) in [7, 11) is 0. The summed E-state index contributed by atoms with van der Waals surface area (Å²) < 4.78 is 5.28. The Morgan fingerprint density at radius 2 is 1.83 bits per heavy atom. The molecule has 160 valence electrons. The average molecular weight is 421 g/mol. The number of amides is 2. The molecule has 2 N–H and O–H groups in total. The van der Waals surface area contributed by atoms with Crippen molar-refractivity contribution in [2.24, 2.45) is 0 Å². The van der Waals surface area contributed by atoms with Gasteiger partial charge in [-0.1, -0.05) is 67.8 Å². The predicted molar refractivity (Wildman–Crippen MR) is 116 cm³/mol. The third kappa shape index (κ3) is 9.83. The largest absolute Gasteiger partial charge is 0.445 e. The number of hydrogen-bond acceptors (Lipinski definition) is 5. The van der Waals surface area contributed by atoms with Gasteiger partial charge in [0.15, 0.2) is 5.12 Å². The number of thioether (sulfide) groups is 1. The average Bonchev–Trinajstić information content (AvgIpc) is 3.21. The van der Waals surface area contributed by atoms with Crippen LogP contribution in [0, 0.1) is 0 Å². The highest BCUT2D eigenvalue weighted by molar-refractivity contribution is 8.13. The summed E-state index contributed by atoms with van der Waals surface area (Å²) in [6, 6.07) is 9.06. The summed E-state index contributed by atoms with van der Waals surface area (Å²) in [5, 5.41) is 5.93. The molecular weight excluding hydrogens is 388 g/mol. The molecule has 1 atom stereocenters. The molecule has 1 aliphatic rings. The minimum Gasteiger partial charge on any atom is -0.445 e. The van der Waals surface area contributed by atoms with Gasteiger partial charge in [-0.15, -0.1) is 0 Å². The van der Waals surface area contributed by atoms with Crippen molar-refractivity contribution in [2.45, 2.75) is 77.0 Å². The number of carbonyl (C=O) groups is 3. The Morgan fingerprint density at radius 3 is 2.52 bits per heavy atom. The van der Waals surface area contributed by atoms with Crippen LogP contribution in [0.5, 0.6) is 0 Å². The zero-order chi connectivity index (χ0) is 20.9. The van der Waals surface area contributed by atoms with Crippen LogP contribution < -0.4 is 10.6 Å². The van der Waals surface area contributed by atoms with Gasteiger partial charge in [0.05, 0.1) is 0 Å². The van der Waals surface area contributed by atoms with E-state index < -0.39 is 12.1 Å². The molecule has 0 radical (unpaired) electrons. The lowest BCUT2D eigenvalue weighted by Crippen LogP contribution is -2.49. The first-order chi connectivity index (χ1) is 14.0. The van der Waals surface area contributed by atoms with Gasteiger partial charge in [0.2, 0.25) is 5.91 Å². The molecule has 29 heavy (non-hydrogen) atoms. The Morgan fingerprint density at radius 1 is 1.10 bits per heavy atom. The van der Waals surface area contributed by atoms with Crippen molar-refractivity contribution in [3.63, 3.8) is 0 Å². The van der Waals surface area contributed by atoms with Crippen LogP contribution in [-0.4, -0.2) is 35.0 Å². The molecule has 0 bridgehead atoms. The smallest absolute Gasteiger partial charge is 0.408 e. The molecule has 0 aromatic heterocycles. The van der Waals surface area contributed by atoms with Crippen molar-refractivity contribution in [1.29, 1.82) is 0 Å². The van der Waals surface area contributed by atoms with Crippen molar-refractivity contribution in [3.05, 3.63) is 35.9 Å². The second-order valence-corrected chi connectivity index (χ2v) is 8.71. The van der Waals surface area contributed by atoms with E-state index in [0.29, 0.717) is 6.42 Å². The van der Waals surface area contributed by atoms with E-state index in [-0.39, 0.29) is 23.7 Å². The molecular formula is C22H32N2O4S. The fourth-order valence-electron chi connectivity index (χ4n) is 3.39. The minimum atomic E-state index is -0.598. The van der Waals surface area contributed by atoms with Crippen LogP contribution in [0.2, 0.25) is 0 Å². The van der Waals surface area contributed by atoms with Gasteiger partial charge in [-0.05, 0) is 31.2 Å². The number of hydrogen-bond donors (Lipinski definition) is 2. The molecule has 6 nitrogen and oxygen atoms in total. The van der Waals surface area contributed by atoms with Gasteiger partial charge < -0.3 is 15.4 Å². The molecule has 2 amide bonds. The molecule has 0 spiro atoms. The van der Waals surface area contributed by atoms with Crippen LogP contribution in [0.25, 0.3) is 0 Å². The van der Waals surface area contributed by atoms with E-state index in [1.54, 1.807) is 6.92 Å². The fraction of sp³-hybridized carbons (Fsp3) is 0.591. The molecule has 2 rings (SSSR count). The van der Waals surface area contributed by atoms with E-state index in [1.165, 1.54) is 11.8 Å². The number of rotatable bonds is 11. The number of unbranched alkanes of at least 4 members (excludes halogenated alkanes) is 2. The maximum atomic E-state index is 12.7. The van der Waals surface area contributed by atoms with Crippen LogP contribution in [-0.2, 0) is 20.9 Å². The summed E-state index contributed by atoms with van der Waals surface area (Å²) in [6.07, 6.45) is 6.88. The van der Waals surface area contributed by atoms with Crippen LogP contribution in [0.15, 0.2) is 30.3 Å². The van der Waals surface area contributed by atoms with E-state index >= 15 is 0 Å². The minimum absolute atomic E-state index is 0.127. The molecule has 0 unspecified atom stereocenters. The highest BCUT2D eigenvalue weighted by Gasteiger charge is 2.25. The van der Waals surface area contributed by atoms with E-state index in [9.17, 15) is 14.4 Å². The molecule has 0 aliphatic heterocycles.